The summed E-state index contributed by atoms with van der Waals surface area (Å²) in [7, 11) is 0. The van der Waals surface area contributed by atoms with E-state index in [0.717, 1.165) is 0 Å². The number of amides is 1. The monoisotopic (exact) mass is 764 g/mol. The Balaban J connectivity index is 3.36. The van der Waals surface area contributed by atoms with Crippen LogP contribution in [0, 0.1) is 10.7 Å². The Labute approximate surface area is 212 Å². The minimum absolute atomic E-state index is 0.0874. The normalized spacial score (nSPS) is 12.7. The molecule has 0 saturated heterocycles. The molecule has 9 nitrogen and oxygen atoms in total. The molecule has 1 aromatic rings. The second-order valence-electron chi connectivity index (χ2n) is 5.55. The molecule has 0 aromatic heterocycles. The van der Waals surface area contributed by atoms with Crippen LogP contribution in [-0.2, 0) is 14.3 Å². The summed E-state index contributed by atoms with van der Waals surface area (Å²) in [6.45, 7) is 0.362. The van der Waals surface area contributed by atoms with E-state index in [1.165, 1.54) is 6.92 Å². The van der Waals surface area contributed by atoms with E-state index >= 15 is 0 Å². The summed E-state index contributed by atoms with van der Waals surface area (Å²) in [5.74, 6) is -1.22. The van der Waals surface area contributed by atoms with E-state index < -0.39 is 35.9 Å². The smallest absolute Gasteiger partial charge is 0.303 e. The Morgan fingerprint density at radius 1 is 1.14 bits per heavy atom. The fourth-order valence-electron chi connectivity index (χ4n) is 2.09. The first-order valence-corrected chi connectivity index (χ1v) is 11.5. The summed E-state index contributed by atoms with van der Waals surface area (Å²) in [4.78, 5) is 46.8. The van der Waals surface area contributed by atoms with Gasteiger partial charge in [-0.25, -0.2) is 0 Å². The van der Waals surface area contributed by atoms with Gasteiger partial charge in [0.1, 0.15) is 0 Å². The molecule has 0 saturated carbocycles. The maximum atomic E-state index is 12.7. The largest absolute Gasteiger partial charge is 0.453 e. The highest BCUT2D eigenvalue weighted by Gasteiger charge is 2.27. The Morgan fingerprint density at radius 3 is 2.21 bits per heavy atom. The molecule has 0 radical (unpaired) electrons. The van der Waals surface area contributed by atoms with Crippen LogP contribution in [0.2, 0.25) is 0 Å². The van der Waals surface area contributed by atoms with Crippen molar-refractivity contribution < 1.29 is 34.1 Å². The van der Waals surface area contributed by atoms with E-state index in [9.17, 15) is 24.3 Å². The molecule has 0 bridgehead atoms. The lowest BCUT2D eigenvalue weighted by molar-refractivity contribution is -0.148. The highest BCUT2D eigenvalue weighted by Crippen LogP contribution is 2.36. The van der Waals surface area contributed by atoms with Crippen molar-refractivity contribution in [2.45, 2.75) is 19.1 Å². The van der Waals surface area contributed by atoms with Crippen LogP contribution in [0.3, 0.4) is 0 Å². The predicted molar refractivity (Wildman–Crippen MR) is 130 cm³/mol. The van der Waals surface area contributed by atoms with Crippen molar-refractivity contribution in [1.82, 2.24) is 5.32 Å². The van der Waals surface area contributed by atoms with Crippen molar-refractivity contribution in [2.75, 3.05) is 25.0 Å². The molecule has 13 heteroatoms. The number of carbonyl (C=O) groups is 4. The molecule has 0 aliphatic carbocycles. The van der Waals surface area contributed by atoms with Gasteiger partial charge >= 0.3 is 5.97 Å². The molecule has 0 aliphatic rings. The zero-order valence-electron chi connectivity index (χ0n) is 14.8. The van der Waals surface area contributed by atoms with Crippen LogP contribution in [0.15, 0.2) is 0 Å². The number of anilines is 1. The van der Waals surface area contributed by atoms with Gasteiger partial charge in [0, 0.05) is 17.0 Å². The molecule has 0 aliphatic heterocycles. The summed E-state index contributed by atoms with van der Waals surface area (Å²) in [6, 6.07) is 0. The van der Waals surface area contributed by atoms with Crippen LogP contribution in [0.5, 0.6) is 0 Å². The van der Waals surface area contributed by atoms with E-state index in [-0.39, 0.29) is 24.2 Å². The highest BCUT2D eigenvalue weighted by molar-refractivity contribution is 14.1. The molecule has 1 amide bonds. The zero-order valence-corrected chi connectivity index (χ0v) is 22.0. The van der Waals surface area contributed by atoms with E-state index in [4.69, 9.17) is 21.4 Å². The quantitative estimate of drug-likeness (QED) is 0.122. The van der Waals surface area contributed by atoms with Crippen LogP contribution in [0.4, 0.5) is 5.69 Å². The van der Waals surface area contributed by atoms with Crippen molar-refractivity contribution in [3.63, 3.8) is 0 Å². The van der Waals surface area contributed by atoms with Crippen LogP contribution in [0.1, 0.15) is 27.6 Å². The number of carbonyl (C=O) groups excluding carboxylic acids is 4. The maximum Gasteiger partial charge on any atom is 0.303 e. The number of hydrogen-bond acceptors (Lipinski definition) is 8. The van der Waals surface area contributed by atoms with Gasteiger partial charge in [-0.05, 0) is 79.4 Å². The average molecular weight is 764 g/mol. The number of halogens is 4. The third-order valence-electron chi connectivity index (χ3n) is 3.40. The van der Waals surface area contributed by atoms with Crippen LogP contribution in [0.25, 0.3) is 0 Å². The standard InChI is InChI=1S/C16H16ClI3N2O7/c1-6(25)29-8(5-24)3-21-14-12(19)9(15(17)27)11(18)10(13(14)20)16(28)22-2-7(26)4-23/h5,7-8,21,23,26H,2-4H2,1H3,(H,22,28). The van der Waals surface area contributed by atoms with Gasteiger partial charge in [-0.15, -0.1) is 0 Å². The summed E-state index contributed by atoms with van der Waals surface area (Å²) < 4.78 is 6.03. The molecule has 2 unspecified atom stereocenters. The third-order valence-corrected chi connectivity index (χ3v) is 6.82. The number of ether oxygens (including phenoxy) is 1. The fourth-order valence-corrected chi connectivity index (χ4v) is 7.12. The Hall–Kier alpha value is -0.300. The van der Waals surface area contributed by atoms with Crippen molar-refractivity contribution in [3.8, 4) is 0 Å². The average Bonchev–Trinajstić information content (AvgIpc) is 2.64. The summed E-state index contributed by atoms with van der Waals surface area (Å²) in [5, 5.41) is 23.0. The molecule has 1 aromatic carbocycles. The molecular formula is C16H16ClI3N2O7. The predicted octanol–water partition coefficient (Wildman–Crippen LogP) is 1.50. The lowest BCUT2D eigenvalue weighted by atomic mass is 10.1. The number of aliphatic hydroxyl groups excluding tert-OH is 2. The Kier molecular flexibility index (Phi) is 11.6. The van der Waals surface area contributed by atoms with Gasteiger partial charge in [0.15, 0.2) is 12.4 Å². The van der Waals surface area contributed by atoms with Gasteiger partial charge in [-0.3, -0.25) is 19.2 Å². The molecule has 2 atom stereocenters. The van der Waals surface area contributed by atoms with Gasteiger partial charge in [0.2, 0.25) is 0 Å². The van der Waals surface area contributed by atoms with E-state index in [1.807, 2.05) is 67.8 Å². The first-order valence-electron chi connectivity index (χ1n) is 7.88. The lowest BCUT2D eigenvalue weighted by Crippen LogP contribution is -2.35. The van der Waals surface area contributed by atoms with E-state index in [2.05, 4.69) is 10.6 Å². The van der Waals surface area contributed by atoms with Crippen LogP contribution >= 0.6 is 79.4 Å². The number of esters is 1. The Morgan fingerprint density at radius 2 is 1.72 bits per heavy atom. The van der Waals surface area contributed by atoms with Gasteiger partial charge in [-0.1, -0.05) is 0 Å². The number of aldehydes is 1. The second kappa shape index (κ2) is 12.5. The van der Waals surface area contributed by atoms with E-state index in [0.29, 0.717) is 22.7 Å². The van der Waals surface area contributed by atoms with Crippen LogP contribution in [-0.4, -0.2) is 65.5 Å². The van der Waals surface area contributed by atoms with Crippen molar-refractivity contribution in [1.29, 1.82) is 0 Å². The first kappa shape index (κ1) is 26.7. The zero-order chi connectivity index (χ0) is 22.3. The van der Waals surface area contributed by atoms with Gasteiger partial charge in [0.25, 0.3) is 11.1 Å². The summed E-state index contributed by atoms with van der Waals surface area (Å²) in [5.41, 5.74) is 0.597. The minimum Gasteiger partial charge on any atom is -0.453 e. The third kappa shape index (κ3) is 7.41. The topological polar surface area (TPSA) is 142 Å². The molecule has 4 N–H and O–H groups in total. The first-order chi connectivity index (χ1) is 13.5. The number of aliphatic hydroxyl groups is 2. The number of nitrogens with one attached hydrogen (secondary N) is 2. The van der Waals surface area contributed by atoms with Crippen molar-refractivity contribution in [2.24, 2.45) is 0 Å². The maximum absolute atomic E-state index is 12.7. The lowest BCUT2D eigenvalue weighted by Gasteiger charge is -2.20. The molecule has 0 heterocycles. The van der Waals surface area contributed by atoms with Crippen LogP contribution < -0.4 is 10.6 Å². The fraction of sp³-hybridized carbons (Fsp3) is 0.375. The molecule has 0 fully saturated rings. The molecule has 1 rings (SSSR count). The number of hydrogen-bond donors (Lipinski definition) is 4. The minimum atomic E-state index is -1.14. The van der Waals surface area contributed by atoms with Gasteiger partial charge in [-0.2, -0.15) is 0 Å². The summed E-state index contributed by atoms with van der Waals surface area (Å²) >= 11 is 11.3. The number of rotatable bonds is 10. The molecule has 0 spiro atoms. The van der Waals surface area contributed by atoms with Gasteiger partial charge < -0.3 is 25.6 Å². The molecular weight excluding hydrogens is 748 g/mol. The molecule has 160 valence electrons. The SMILES string of the molecule is CC(=O)OC(C=O)CNc1c(I)c(C(=O)Cl)c(I)c(C(=O)NCC(O)CO)c1I. The van der Waals surface area contributed by atoms with E-state index in [1.54, 1.807) is 0 Å². The van der Waals surface area contributed by atoms with Crippen molar-refractivity contribution >= 4 is 108 Å². The Bertz CT molecular complexity index is 822. The molecule has 29 heavy (non-hydrogen) atoms. The second-order valence-corrected chi connectivity index (χ2v) is 9.13. The summed E-state index contributed by atoms with van der Waals surface area (Å²) in [6.07, 6.45) is -1.74. The highest BCUT2D eigenvalue weighted by atomic mass is 127. The number of benzene rings is 1. The van der Waals surface area contributed by atoms with Crippen molar-refractivity contribution in [3.05, 3.63) is 21.8 Å². The van der Waals surface area contributed by atoms with Gasteiger partial charge in [0.05, 0.1) is 43.2 Å².